The van der Waals surface area contributed by atoms with Crippen LogP contribution in [0.2, 0.25) is 0 Å². The summed E-state index contributed by atoms with van der Waals surface area (Å²) in [6, 6.07) is 0.664. The highest BCUT2D eigenvalue weighted by molar-refractivity contribution is 7.80. The van der Waals surface area contributed by atoms with E-state index >= 15 is 0 Å². The van der Waals surface area contributed by atoms with Gasteiger partial charge in [0, 0.05) is 18.5 Å². The highest BCUT2D eigenvalue weighted by atomic mass is 32.1. The van der Waals surface area contributed by atoms with E-state index in [0.717, 1.165) is 6.54 Å². The summed E-state index contributed by atoms with van der Waals surface area (Å²) in [5.74, 6) is 0.320. The second kappa shape index (κ2) is 6.33. The number of thiocarbonyl (C=S) groups is 1. The maximum absolute atomic E-state index is 5.57. The van der Waals surface area contributed by atoms with Crippen LogP contribution in [0.3, 0.4) is 0 Å². The normalized spacial score (nSPS) is 13.7. The number of nitrogens with zero attached hydrogens (tertiary/aromatic N) is 1. The van der Waals surface area contributed by atoms with Gasteiger partial charge in [-0.2, -0.15) is 0 Å². The molecular formula is C10H22N2S. The van der Waals surface area contributed by atoms with Gasteiger partial charge >= 0.3 is 0 Å². The van der Waals surface area contributed by atoms with E-state index in [1.54, 1.807) is 0 Å². The number of hydrogen-bond donors (Lipinski definition) is 1. The summed E-state index contributed by atoms with van der Waals surface area (Å²) in [4.78, 5) is 2.97. The second-order valence-electron chi connectivity index (χ2n) is 3.71. The molecule has 3 heteroatoms. The summed E-state index contributed by atoms with van der Waals surface area (Å²) in [7, 11) is 2.15. The van der Waals surface area contributed by atoms with E-state index in [2.05, 4.69) is 32.7 Å². The molecule has 0 aliphatic heterocycles. The Morgan fingerprint density at radius 2 is 1.85 bits per heavy atom. The molecule has 2 nitrogen and oxygen atoms in total. The first-order valence-corrected chi connectivity index (χ1v) is 5.43. The molecule has 0 amide bonds. The van der Waals surface area contributed by atoms with Crippen molar-refractivity contribution in [2.45, 2.75) is 39.7 Å². The fraction of sp³-hybridized carbons (Fsp3) is 0.900. The Morgan fingerprint density at radius 1 is 1.38 bits per heavy atom. The maximum Gasteiger partial charge on any atom is 0.0768 e. The van der Waals surface area contributed by atoms with Crippen LogP contribution in [0.5, 0.6) is 0 Å². The van der Waals surface area contributed by atoms with Crippen LogP contribution in [0, 0.1) is 5.92 Å². The molecule has 0 bridgehead atoms. The van der Waals surface area contributed by atoms with Gasteiger partial charge < -0.3 is 10.6 Å². The standard InChI is InChI=1S/C10H22N2S/c1-5-9(6-2)12(4)7-8(3)10(11)13/h8-9H,5-7H2,1-4H3,(H2,11,13). The predicted octanol–water partition coefficient (Wildman–Crippen LogP) is 2.03. The van der Waals surface area contributed by atoms with Gasteiger partial charge in [0.1, 0.15) is 0 Å². The molecule has 1 unspecified atom stereocenters. The number of rotatable bonds is 6. The zero-order valence-electron chi connectivity index (χ0n) is 9.21. The van der Waals surface area contributed by atoms with Gasteiger partial charge in [0.25, 0.3) is 0 Å². The van der Waals surface area contributed by atoms with E-state index < -0.39 is 0 Å². The van der Waals surface area contributed by atoms with Gasteiger partial charge in [-0.1, -0.05) is 33.0 Å². The molecule has 13 heavy (non-hydrogen) atoms. The van der Waals surface area contributed by atoms with Crippen LogP contribution < -0.4 is 5.73 Å². The first-order chi connectivity index (χ1) is 6.02. The molecule has 0 aliphatic rings. The average Bonchev–Trinajstić information content (AvgIpc) is 2.06. The highest BCUT2D eigenvalue weighted by Crippen LogP contribution is 2.08. The third-order valence-electron chi connectivity index (χ3n) is 2.61. The number of nitrogens with two attached hydrogens (primary N) is 1. The Labute approximate surface area is 87.5 Å². The van der Waals surface area contributed by atoms with Crippen molar-refractivity contribution >= 4 is 17.2 Å². The fourth-order valence-electron chi connectivity index (χ4n) is 1.58. The predicted molar refractivity (Wildman–Crippen MR) is 62.9 cm³/mol. The lowest BCUT2D eigenvalue weighted by molar-refractivity contribution is 0.218. The van der Waals surface area contributed by atoms with E-state index in [0.29, 0.717) is 16.9 Å². The quantitative estimate of drug-likeness (QED) is 0.668. The van der Waals surface area contributed by atoms with E-state index in [4.69, 9.17) is 18.0 Å². The lowest BCUT2D eigenvalue weighted by Gasteiger charge is -2.28. The van der Waals surface area contributed by atoms with E-state index in [9.17, 15) is 0 Å². The lowest BCUT2D eigenvalue weighted by Crippen LogP contribution is -2.37. The third-order valence-corrected chi connectivity index (χ3v) is 3.02. The van der Waals surface area contributed by atoms with Crippen LogP contribution in [0.4, 0.5) is 0 Å². The largest absolute Gasteiger partial charge is 0.393 e. The molecule has 0 aromatic carbocycles. The van der Waals surface area contributed by atoms with Crippen LogP contribution in [0.25, 0.3) is 0 Å². The van der Waals surface area contributed by atoms with E-state index in [1.807, 2.05) is 0 Å². The smallest absolute Gasteiger partial charge is 0.0768 e. The third kappa shape index (κ3) is 4.58. The molecule has 0 saturated carbocycles. The molecule has 0 aliphatic carbocycles. The fourth-order valence-corrected chi connectivity index (χ4v) is 1.66. The van der Waals surface area contributed by atoms with Crippen molar-refractivity contribution < 1.29 is 0 Å². The first kappa shape index (κ1) is 12.8. The van der Waals surface area contributed by atoms with Gasteiger partial charge in [-0.15, -0.1) is 0 Å². The summed E-state index contributed by atoms with van der Waals surface area (Å²) in [5.41, 5.74) is 5.57. The van der Waals surface area contributed by atoms with Crippen LogP contribution in [-0.2, 0) is 0 Å². The Kier molecular flexibility index (Phi) is 6.25. The monoisotopic (exact) mass is 202 g/mol. The zero-order chi connectivity index (χ0) is 10.4. The lowest BCUT2D eigenvalue weighted by atomic mass is 10.1. The van der Waals surface area contributed by atoms with Crippen LogP contribution >= 0.6 is 12.2 Å². The average molecular weight is 202 g/mol. The zero-order valence-corrected chi connectivity index (χ0v) is 10.0. The van der Waals surface area contributed by atoms with Gasteiger partial charge in [-0.3, -0.25) is 0 Å². The molecule has 0 saturated heterocycles. The van der Waals surface area contributed by atoms with Crippen molar-refractivity contribution in [1.29, 1.82) is 0 Å². The van der Waals surface area contributed by atoms with Gasteiger partial charge in [0.05, 0.1) is 4.99 Å². The molecule has 0 aromatic heterocycles. The molecule has 0 spiro atoms. The van der Waals surface area contributed by atoms with E-state index in [-0.39, 0.29) is 0 Å². The van der Waals surface area contributed by atoms with Gasteiger partial charge in [-0.05, 0) is 19.9 Å². The Bertz CT molecular complexity index is 155. The van der Waals surface area contributed by atoms with Gasteiger partial charge in [0.2, 0.25) is 0 Å². The van der Waals surface area contributed by atoms with E-state index in [1.165, 1.54) is 12.8 Å². The molecule has 0 fully saturated rings. The summed E-state index contributed by atoms with van der Waals surface area (Å²) in [5, 5.41) is 0. The van der Waals surface area contributed by atoms with Crippen molar-refractivity contribution in [2.24, 2.45) is 11.7 Å². The molecule has 0 rings (SSSR count). The molecule has 78 valence electrons. The minimum atomic E-state index is 0.320. The second-order valence-corrected chi connectivity index (χ2v) is 4.18. The van der Waals surface area contributed by atoms with Crippen molar-refractivity contribution in [1.82, 2.24) is 4.90 Å². The number of hydrogen-bond acceptors (Lipinski definition) is 2. The highest BCUT2D eigenvalue weighted by Gasteiger charge is 2.14. The van der Waals surface area contributed by atoms with Crippen molar-refractivity contribution in [2.75, 3.05) is 13.6 Å². The van der Waals surface area contributed by atoms with Crippen molar-refractivity contribution in [3.05, 3.63) is 0 Å². The topological polar surface area (TPSA) is 29.3 Å². The molecule has 1 atom stereocenters. The minimum Gasteiger partial charge on any atom is -0.393 e. The Hall–Kier alpha value is -0.150. The molecule has 0 radical (unpaired) electrons. The van der Waals surface area contributed by atoms with Gasteiger partial charge in [-0.25, -0.2) is 0 Å². The van der Waals surface area contributed by atoms with Crippen LogP contribution in [0.15, 0.2) is 0 Å². The van der Waals surface area contributed by atoms with Crippen molar-refractivity contribution in [3.63, 3.8) is 0 Å². The molecule has 0 heterocycles. The van der Waals surface area contributed by atoms with Crippen LogP contribution in [-0.4, -0.2) is 29.5 Å². The summed E-state index contributed by atoms with van der Waals surface area (Å²) < 4.78 is 0. The maximum atomic E-state index is 5.57. The minimum absolute atomic E-state index is 0.320. The Balaban J connectivity index is 3.96. The van der Waals surface area contributed by atoms with Gasteiger partial charge in [0.15, 0.2) is 0 Å². The SMILES string of the molecule is CCC(CC)N(C)CC(C)C(N)=S. The van der Waals surface area contributed by atoms with Crippen molar-refractivity contribution in [3.8, 4) is 0 Å². The summed E-state index contributed by atoms with van der Waals surface area (Å²) >= 11 is 4.95. The molecular weight excluding hydrogens is 180 g/mol. The first-order valence-electron chi connectivity index (χ1n) is 5.02. The molecule has 2 N–H and O–H groups in total. The molecule has 0 aromatic rings. The summed E-state index contributed by atoms with van der Waals surface area (Å²) in [6.07, 6.45) is 2.38. The Morgan fingerprint density at radius 3 is 2.15 bits per heavy atom. The summed E-state index contributed by atoms with van der Waals surface area (Å²) in [6.45, 7) is 7.50. The van der Waals surface area contributed by atoms with Crippen LogP contribution in [0.1, 0.15) is 33.6 Å².